The molecule has 0 aromatic heterocycles. The minimum absolute atomic E-state index is 0.0613. The third-order valence-electron chi connectivity index (χ3n) is 9.24. The normalized spacial score (nSPS) is 27.8. The van der Waals surface area contributed by atoms with Gasteiger partial charge in [0.05, 0.1) is 5.75 Å². The predicted molar refractivity (Wildman–Crippen MR) is 163 cm³/mol. The van der Waals surface area contributed by atoms with Gasteiger partial charge in [0.2, 0.25) is 15.9 Å². The highest BCUT2D eigenvalue weighted by Gasteiger charge is 2.40. The summed E-state index contributed by atoms with van der Waals surface area (Å²) >= 11 is 6.07. The van der Waals surface area contributed by atoms with Crippen LogP contribution in [0.5, 0.6) is 0 Å². The lowest BCUT2D eigenvalue weighted by Crippen LogP contribution is -2.57. The van der Waals surface area contributed by atoms with Gasteiger partial charge < -0.3 is 21.1 Å². The Bertz CT molecular complexity index is 1430. The maximum Gasteiger partial charge on any atom is 0.405 e. The van der Waals surface area contributed by atoms with E-state index < -0.39 is 45.6 Å². The van der Waals surface area contributed by atoms with Crippen LogP contribution in [0.25, 0.3) is 0 Å². The predicted octanol–water partition coefficient (Wildman–Crippen LogP) is 4.61. The van der Waals surface area contributed by atoms with Gasteiger partial charge in [-0.2, -0.15) is 4.31 Å². The Morgan fingerprint density at radius 1 is 1.00 bits per heavy atom. The fraction of sp³-hybridized carbons (Fsp3) is 0.548. The van der Waals surface area contributed by atoms with Crippen LogP contribution in [-0.4, -0.2) is 72.8 Å². The molecule has 1 aliphatic carbocycles. The zero-order valence-corrected chi connectivity index (χ0v) is 25.9. The van der Waals surface area contributed by atoms with Gasteiger partial charge in [-0.15, -0.1) is 0 Å². The van der Waals surface area contributed by atoms with E-state index in [9.17, 15) is 31.9 Å². The molecule has 3 aliphatic rings. The maximum absolute atomic E-state index is 14.4. The van der Waals surface area contributed by atoms with E-state index in [1.54, 1.807) is 28.6 Å². The molecule has 0 radical (unpaired) electrons. The van der Waals surface area contributed by atoms with Gasteiger partial charge in [0.25, 0.3) is 0 Å². The van der Waals surface area contributed by atoms with Crippen molar-refractivity contribution >= 4 is 33.6 Å². The number of halogens is 3. The number of sulfonamides is 1. The fourth-order valence-corrected chi connectivity index (χ4v) is 9.04. The van der Waals surface area contributed by atoms with Gasteiger partial charge in [-0.3, -0.25) is 4.79 Å². The van der Waals surface area contributed by atoms with E-state index >= 15 is 0 Å². The second-order valence-corrected chi connectivity index (χ2v) is 14.7. The van der Waals surface area contributed by atoms with Crippen molar-refractivity contribution in [3.63, 3.8) is 0 Å². The van der Waals surface area contributed by atoms with Crippen molar-refractivity contribution in [1.82, 2.24) is 20.3 Å². The van der Waals surface area contributed by atoms with Crippen LogP contribution in [-0.2, 0) is 14.8 Å². The highest BCUT2D eigenvalue weighted by atomic mass is 35.5. The topological polar surface area (TPSA) is 128 Å². The standard InChI is InChI=1S/C31H39ClF2N4O5S/c32-22-10-7-20(8-11-22)28(21-14-23(33)16-24(34)15-21)29(37-31(40)41)30(39)36-27-6-2-1-4-19(27)9-12-26-17-35-25-5-3-13-44(42,43)38(26)18-25/h7-8,10-11,14-16,19,25-29,35,37H,1-6,9,12-13,17-18H2,(H,36,39)(H,40,41)/t19-,25-,26+,27+,28?,29?/m1/s1. The van der Waals surface area contributed by atoms with E-state index in [4.69, 9.17) is 11.6 Å². The molecule has 240 valence electrons. The van der Waals surface area contributed by atoms with Crippen LogP contribution >= 0.6 is 11.6 Å². The number of hydrogen-bond donors (Lipinski definition) is 4. The number of nitrogens with zero attached hydrogens (tertiary/aromatic N) is 1. The van der Waals surface area contributed by atoms with E-state index in [0.717, 1.165) is 37.8 Å². The minimum Gasteiger partial charge on any atom is -0.465 e. The molecule has 3 unspecified atom stereocenters. The molecule has 2 saturated heterocycles. The summed E-state index contributed by atoms with van der Waals surface area (Å²) in [6.45, 7) is 1.07. The number of benzene rings is 2. The Balaban J connectivity index is 1.36. The first-order valence-electron chi connectivity index (χ1n) is 15.2. The highest BCUT2D eigenvalue weighted by Crippen LogP contribution is 2.34. The Morgan fingerprint density at radius 2 is 1.70 bits per heavy atom. The van der Waals surface area contributed by atoms with Gasteiger partial charge in [-0.25, -0.2) is 22.0 Å². The molecule has 7 atom stereocenters. The van der Waals surface area contributed by atoms with Crippen LogP contribution in [0.3, 0.4) is 0 Å². The number of piperazine rings is 1. The van der Waals surface area contributed by atoms with Gasteiger partial charge in [-0.05, 0) is 79.8 Å². The Kier molecular flexibility index (Phi) is 10.4. The van der Waals surface area contributed by atoms with Crippen LogP contribution in [0.2, 0.25) is 5.02 Å². The maximum atomic E-state index is 14.4. The zero-order valence-electron chi connectivity index (χ0n) is 24.4. The van der Waals surface area contributed by atoms with E-state index in [2.05, 4.69) is 16.0 Å². The number of amides is 2. The third-order valence-corrected chi connectivity index (χ3v) is 11.5. The molecule has 13 heteroatoms. The molecule has 5 rings (SSSR count). The van der Waals surface area contributed by atoms with Crippen molar-refractivity contribution in [3.05, 3.63) is 70.2 Å². The average molecular weight is 653 g/mol. The van der Waals surface area contributed by atoms with Crippen LogP contribution < -0.4 is 16.0 Å². The lowest BCUT2D eigenvalue weighted by atomic mass is 9.80. The second-order valence-electron chi connectivity index (χ2n) is 12.2. The summed E-state index contributed by atoms with van der Waals surface area (Å²) in [4.78, 5) is 25.9. The van der Waals surface area contributed by atoms with Crippen LogP contribution in [0.1, 0.15) is 68.4 Å². The van der Waals surface area contributed by atoms with Crippen molar-refractivity contribution in [3.8, 4) is 0 Å². The molecule has 3 fully saturated rings. The number of carboxylic acid groups (broad SMARTS) is 1. The molecule has 2 aromatic carbocycles. The molecule has 2 aliphatic heterocycles. The minimum atomic E-state index is -3.32. The van der Waals surface area contributed by atoms with Crippen molar-refractivity contribution in [1.29, 1.82) is 0 Å². The largest absolute Gasteiger partial charge is 0.465 e. The van der Waals surface area contributed by atoms with E-state index in [0.29, 0.717) is 55.4 Å². The molecule has 2 bridgehead atoms. The van der Waals surface area contributed by atoms with Crippen LogP contribution in [0.4, 0.5) is 13.6 Å². The molecule has 9 nitrogen and oxygen atoms in total. The zero-order chi connectivity index (χ0) is 31.4. The molecule has 4 N–H and O–H groups in total. The second kappa shape index (κ2) is 14.1. The molecular weight excluding hydrogens is 614 g/mol. The quantitative estimate of drug-likeness (QED) is 0.313. The van der Waals surface area contributed by atoms with Gasteiger partial charge in [-0.1, -0.05) is 36.6 Å². The van der Waals surface area contributed by atoms with Gasteiger partial charge >= 0.3 is 6.09 Å². The van der Waals surface area contributed by atoms with Gasteiger partial charge in [0.1, 0.15) is 17.7 Å². The van der Waals surface area contributed by atoms with Crippen LogP contribution in [0, 0.1) is 17.6 Å². The first-order valence-corrected chi connectivity index (χ1v) is 17.2. The molecular formula is C31H39ClF2N4O5S. The lowest BCUT2D eigenvalue weighted by Gasteiger charge is -2.39. The van der Waals surface area contributed by atoms with Crippen molar-refractivity contribution in [2.24, 2.45) is 5.92 Å². The van der Waals surface area contributed by atoms with Gasteiger partial charge in [0, 0.05) is 48.2 Å². The molecule has 0 spiro atoms. The summed E-state index contributed by atoms with van der Waals surface area (Å²) in [5.74, 6) is -3.14. The number of carbonyl (C=O) groups is 2. The van der Waals surface area contributed by atoms with E-state index in [-0.39, 0.29) is 35.4 Å². The Hall–Kier alpha value is -2.80. The fourth-order valence-electron chi connectivity index (χ4n) is 7.10. The molecule has 2 amide bonds. The summed E-state index contributed by atoms with van der Waals surface area (Å²) in [5.41, 5.74) is 0.552. The molecule has 2 heterocycles. The summed E-state index contributed by atoms with van der Waals surface area (Å²) in [7, 11) is -3.32. The van der Waals surface area contributed by atoms with E-state index in [1.165, 1.54) is 0 Å². The first-order chi connectivity index (χ1) is 21.0. The first kappa shape index (κ1) is 32.6. The average Bonchev–Trinajstić information content (AvgIpc) is 3.08. The summed E-state index contributed by atoms with van der Waals surface area (Å²) in [5, 5.41) is 19.0. The smallest absolute Gasteiger partial charge is 0.405 e. The SMILES string of the molecule is O=C(O)NC(C(=O)N[C@H]1CCCC[C@@H]1CC[C@H]1CN[C@@H]2CCCS(=O)(=O)N1C2)C(c1ccc(Cl)cc1)c1cc(F)cc(F)c1. The lowest BCUT2D eigenvalue weighted by molar-refractivity contribution is -0.124. The van der Waals surface area contributed by atoms with Crippen molar-refractivity contribution in [2.45, 2.75) is 81.5 Å². The highest BCUT2D eigenvalue weighted by molar-refractivity contribution is 7.89. The Labute approximate surface area is 261 Å². The van der Waals surface area contributed by atoms with Crippen molar-refractivity contribution in [2.75, 3.05) is 18.8 Å². The summed E-state index contributed by atoms with van der Waals surface area (Å²) < 4.78 is 56.3. The Morgan fingerprint density at radius 3 is 2.41 bits per heavy atom. The number of fused-ring (bicyclic) bond motifs is 2. The monoisotopic (exact) mass is 652 g/mol. The summed E-state index contributed by atoms with van der Waals surface area (Å²) in [6.07, 6.45) is 4.73. The number of hydrogen-bond acceptors (Lipinski definition) is 5. The molecule has 44 heavy (non-hydrogen) atoms. The van der Waals surface area contributed by atoms with Crippen molar-refractivity contribution < 1.29 is 31.9 Å². The van der Waals surface area contributed by atoms with Crippen LogP contribution in [0.15, 0.2) is 42.5 Å². The van der Waals surface area contributed by atoms with Gasteiger partial charge in [0.15, 0.2) is 0 Å². The van der Waals surface area contributed by atoms with E-state index in [1.807, 2.05) is 0 Å². The number of carbonyl (C=O) groups excluding carboxylic acids is 1. The number of rotatable bonds is 9. The molecule has 2 aromatic rings. The molecule has 1 saturated carbocycles. The number of nitrogens with one attached hydrogen (secondary N) is 3. The summed E-state index contributed by atoms with van der Waals surface area (Å²) in [6, 6.07) is 7.58. The third kappa shape index (κ3) is 7.88.